The van der Waals surface area contributed by atoms with E-state index in [9.17, 15) is 0 Å². The molecule has 0 spiro atoms. The molecule has 1 aliphatic heterocycles. The molecule has 3 rings (SSSR count). The van der Waals surface area contributed by atoms with Crippen LogP contribution in [0.25, 0.3) is 0 Å². The van der Waals surface area contributed by atoms with Gasteiger partial charge in [0.05, 0.1) is 0 Å². The van der Waals surface area contributed by atoms with Crippen molar-refractivity contribution in [2.75, 3.05) is 6.54 Å². The third-order valence-corrected chi connectivity index (χ3v) is 4.26. The minimum Gasteiger partial charge on any atom is -0.290 e. The zero-order valence-corrected chi connectivity index (χ0v) is 11.5. The zero-order chi connectivity index (χ0) is 13.1. The van der Waals surface area contributed by atoms with Crippen LogP contribution < -0.4 is 0 Å². The molecule has 0 aliphatic carbocycles. The fraction of sp³-hybridized carbons (Fsp3) is 0.333. The Kier molecular flexibility index (Phi) is 3.65. The van der Waals surface area contributed by atoms with Crippen molar-refractivity contribution in [1.29, 1.82) is 0 Å². The van der Waals surface area contributed by atoms with Gasteiger partial charge in [-0.3, -0.25) is 4.90 Å². The lowest BCUT2D eigenvalue weighted by Crippen LogP contribution is -2.26. The van der Waals surface area contributed by atoms with E-state index in [-0.39, 0.29) is 0 Å². The van der Waals surface area contributed by atoms with Gasteiger partial charge in [0.15, 0.2) is 0 Å². The highest BCUT2D eigenvalue weighted by molar-refractivity contribution is 5.23. The van der Waals surface area contributed by atoms with Gasteiger partial charge in [0.1, 0.15) is 0 Å². The van der Waals surface area contributed by atoms with Gasteiger partial charge < -0.3 is 0 Å². The van der Waals surface area contributed by atoms with Gasteiger partial charge in [-0.2, -0.15) is 0 Å². The molecule has 0 unspecified atom stereocenters. The maximum absolute atomic E-state index is 2.64. The van der Waals surface area contributed by atoms with E-state index in [0.29, 0.717) is 12.1 Å². The largest absolute Gasteiger partial charge is 0.290 e. The predicted molar refractivity (Wildman–Crippen MR) is 80.0 cm³/mol. The lowest BCUT2D eigenvalue weighted by atomic mass is 10.0. The standard InChI is InChI=1S/C18H21N/c1-15(16-9-4-2-5-10-16)19-14-8-13-18(19)17-11-6-3-7-12-17/h2-7,9-12,15,18H,8,13-14H2,1H3/t15-,18+/m0/s1. The van der Waals surface area contributed by atoms with Gasteiger partial charge in [-0.15, -0.1) is 0 Å². The molecule has 1 fully saturated rings. The number of hydrogen-bond acceptors (Lipinski definition) is 1. The van der Waals surface area contributed by atoms with Gasteiger partial charge in [-0.05, 0) is 37.4 Å². The summed E-state index contributed by atoms with van der Waals surface area (Å²) in [5.41, 5.74) is 2.88. The first-order chi connectivity index (χ1) is 9.36. The predicted octanol–water partition coefficient (Wildman–Crippen LogP) is 4.58. The summed E-state index contributed by atoms with van der Waals surface area (Å²) in [5.74, 6) is 0. The number of nitrogens with zero attached hydrogens (tertiary/aromatic N) is 1. The van der Waals surface area contributed by atoms with Crippen LogP contribution in [-0.4, -0.2) is 11.4 Å². The van der Waals surface area contributed by atoms with Crippen molar-refractivity contribution in [3.05, 3.63) is 71.8 Å². The first-order valence-electron chi connectivity index (χ1n) is 7.22. The summed E-state index contributed by atoms with van der Waals surface area (Å²) in [6.45, 7) is 3.53. The molecule has 98 valence electrons. The zero-order valence-electron chi connectivity index (χ0n) is 11.5. The molecule has 0 aromatic heterocycles. The van der Waals surface area contributed by atoms with Crippen LogP contribution >= 0.6 is 0 Å². The molecule has 1 heterocycles. The molecule has 19 heavy (non-hydrogen) atoms. The van der Waals surface area contributed by atoms with Crippen molar-refractivity contribution in [3.63, 3.8) is 0 Å². The van der Waals surface area contributed by atoms with Crippen molar-refractivity contribution in [2.45, 2.75) is 31.8 Å². The maximum atomic E-state index is 2.64. The van der Waals surface area contributed by atoms with Gasteiger partial charge in [0.25, 0.3) is 0 Å². The smallest absolute Gasteiger partial charge is 0.0354 e. The molecule has 0 N–H and O–H groups in total. The molecule has 0 amide bonds. The summed E-state index contributed by atoms with van der Waals surface area (Å²) in [6.07, 6.45) is 2.58. The van der Waals surface area contributed by atoms with Crippen LogP contribution in [0.4, 0.5) is 0 Å². The highest BCUT2D eigenvalue weighted by Gasteiger charge is 2.29. The molecule has 0 radical (unpaired) electrons. The fourth-order valence-electron chi connectivity index (χ4n) is 3.21. The van der Waals surface area contributed by atoms with E-state index in [1.54, 1.807) is 0 Å². The molecule has 2 aromatic rings. The normalized spacial score (nSPS) is 21.4. The Hall–Kier alpha value is -1.60. The first-order valence-corrected chi connectivity index (χ1v) is 7.22. The summed E-state index contributed by atoms with van der Waals surface area (Å²) in [7, 11) is 0. The van der Waals surface area contributed by atoms with Gasteiger partial charge in [-0.25, -0.2) is 0 Å². The second-order valence-electron chi connectivity index (χ2n) is 5.39. The van der Waals surface area contributed by atoms with Crippen molar-refractivity contribution in [2.24, 2.45) is 0 Å². The maximum Gasteiger partial charge on any atom is 0.0354 e. The van der Waals surface area contributed by atoms with Gasteiger partial charge >= 0.3 is 0 Å². The van der Waals surface area contributed by atoms with E-state index in [2.05, 4.69) is 72.5 Å². The third-order valence-electron chi connectivity index (χ3n) is 4.26. The number of rotatable bonds is 3. The quantitative estimate of drug-likeness (QED) is 0.771. The SMILES string of the molecule is C[C@@H](c1ccccc1)N1CCC[C@@H]1c1ccccc1. The van der Waals surface area contributed by atoms with E-state index in [1.807, 2.05) is 0 Å². The van der Waals surface area contributed by atoms with Crippen LogP contribution in [0.2, 0.25) is 0 Å². The van der Waals surface area contributed by atoms with Crippen LogP contribution in [0.15, 0.2) is 60.7 Å². The van der Waals surface area contributed by atoms with E-state index >= 15 is 0 Å². The minimum absolute atomic E-state index is 0.494. The molecule has 2 aromatic carbocycles. The number of hydrogen-bond donors (Lipinski definition) is 0. The summed E-state index contributed by atoms with van der Waals surface area (Å²) < 4.78 is 0. The molecule has 1 nitrogen and oxygen atoms in total. The molecule has 1 saturated heterocycles. The molecule has 1 heteroatoms. The highest BCUT2D eigenvalue weighted by Crippen LogP contribution is 2.38. The number of benzene rings is 2. The summed E-state index contributed by atoms with van der Waals surface area (Å²) in [5, 5.41) is 0. The average molecular weight is 251 g/mol. The molecular weight excluding hydrogens is 230 g/mol. The van der Waals surface area contributed by atoms with Crippen molar-refractivity contribution >= 4 is 0 Å². The molecule has 2 atom stereocenters. The van der Waals surface area contributed by atoms with Gasteiger partial charge in [-0.1, -0.05) is 60.7 Å². The van der Waals surface area contributed by atoms with Crippen LogP contribution in [-0.2, 0) is 0 Å². The minimum atomic E-state index is 0.494. The Morgan fingerprint density at radius 1 is 0.947 bits per heavy atom. The van der Waals surface area contributed by atoms with Gasteiger partial charge in [0.2, 0.25) is 0 Å². The third kappa shape index (κ3) is 2.57. The summed E-state index contributed by atoms with van der Waals surface area (Å²) in [6, 6.07) is 22.9. The molecule has 0 saturated carbocycles. The van der Waals surface area contributed by atoms with Crippen molar-refractivity contribution in [3.8, 4) is 0 Å². The van der Waals surface area contributed by atoms with Crippen LogP contribution in [0.1, 0.15) is 43.0 Å². The second kappa shape index (κ2) is 5.58. The summed E-state index contributed by atoms with van der Waals surface area (Å²) >= 11 is 0. The lowest BCUT2D eigenvalue weighted by molar-refractivity contribution is 0.194. The first kappa shape index (κ1) is 12.4. The Bertz CT molecular complexity index is 506. The van der Waals surface area contributed by atoms with E-state index in [4.69, 9.17) is 0 Å². The second-order valence-corrected chi connectivity index (χ2v) is 5.39. The lowest BCUT2D eigenvalue weighted by Gasteiger charge is -2.31. The van der Waals surface area contributed by atoms with Gasteiger partial charge in [0, 0.05) is 12.1 Å². The van der Waals surface area contributed by atoms with Crippen LogP contribution in [0.5, 0.6) is 0 Å². The monoisotopic (exact) mass is 251 g/mol. The summed E-state index contributed by atoms with van der Waals surface area (Å²) in [4.78, 5) is 2.64. The molecule has 1 aliphatic rings. The van der Waals surface area contributed by atoms with E-state index in [1.165, 1.54) is 30.5 Å². The number of likely N-dealkylation sites (tertiary alicyclic amines) is 1. The average Bonchev–Trinajstić information content (AvgIpc) is 2.98. The Labute approximate surface area is 115 Å². The van der Waals surface area contributed by atoms with Crippen molar-refractivity contribution < 1.29 is 0 Å². The van der Waals surface area contributed by atoms with E-state index in [0.717, 1.165) is 0 Å². The van der Waals surface area contributed by atoms with Crippen LogP contribution in [0, 0.1) is 0 Å². The van der Waals surface area contributed by atoms with Crippen molar-refractivity contribution in [1.82, 2.24) is 4.90 Å². The Morgan fingerprint density at radius 2 is 1.58 bits per heavy atom. The highest BCUT2D eigenvalue weighted by atomic mass is 15.2. The Morgan fingerprint density at radius 3 is 2.26 bits per heavy atom. The molecular formula is C18H21N. The van der Waals surface area contributed by atoms with E-state index < -0.39 is 0 Å². The molecule has 0 bridgehead atoms. The van der Waals surface area contributed by atoms with Crippen LogP contribution in [0.3, 0.4) is 0 Å². The fourth-order valence-corrected chi connectivity index (χ4v) is 3.21. The Balaban J connectivity index is 1.84. The topological polar surface area (TPSA) is 3.24 Å².